The van der Waals surface area contributed by atoms with Crippen LogP contribution in [0.2, 0.25) is 10.0 Å². The molecule has 10 heteroatoms. The molecule has 7 nitrogen and oxygen atoms in total. The van der Waals surface area contributed by atoms with Crippen molar-refractivity contribution in [2.45, 2.75) is 24.8 Å². The normalized spacial score (nSPS) is 12.3. The Hall–Kier alpha value is -3.04. The summed E-state index contributed by atoms with van der Waals surface area (Å²) >= 11 is 12.3. The highest BCUT2D eigenvalue weighted by Gasteiger charge is 2.28. The molecule has 2 unspecified atom stereocenters. The minimum Gasteiger partial charge on any atom is -0.497 e. The Morgan fingerprint density at radius 1 is 1.08 bits per heavy atom. The van der Waals surface area contributed by atoms with Gasteiger partial charge in [-0.25, -0.2) is 0 Å². The Morgan fingerprint density at radius 3 is 2.47 bits per heavy atom. The maximum atomic E-state index is 14.0. The molecular weight excluding hydrogens is 547 g/mol. The van der Waals surface area contributed by atoms with Crippen LogP contribution < -0.4 is 14.8 Å². The van der Waals surface area contributed by atoms with Crippen molar-refractivity contribution in [1.82, 2.24) is 4.98 Å². The molecule has 3 aromatic carbocycles. The minimum absolute atomic E-state index is 0.0258. The molecule has 0 spiro atoms. The van der Waals surface area contributed by atoms with Gasteiger partial charge in [0.05, 0.1) is 13.7 Å². The number of nitrogens with one attached hydrogen (secondary N) is 2. The molecule has 4 aromatic rings. The zero-order chi connectivity index (χ0) is 27.8. The quantitative estimate of drug-likeness (QED) is 0.183. The Bertz CT molecular complexity index is 1440. The largest absolute Gasteiger partial charge is 0.497 e. The van der Waals surface area contributed by atoms with Gasteiger partial charge in [0.25, 0.3) is 0 Å². The molecule has 38 heavy (non-hydrogen) atoms. The third kappa shape index (κ3) is 6.88. The van der Waals surface area contributed by atoms with Crippen molar-refractivity contribution in [3.8, 4) is 11.5 Å². The van der Waals surface area contributed by atoms with Crippen LogP contribution >= 0.6 is 23.2 Å². The fourth-order valence-electron chi connectivity index (χ4n) is 3.88. The van der Waals surface area contributed by atoms with Crippen LogP contribution in [0.25, 0.3) is 10.9 Å². The second-order valence-electron chi connectivity index (χ2n) is 7.94. The van der Waals surface area contributed by atoms with Gasteiger partial charge in [-0.15, -0.1) is 0 Å². The van der Waals surface area contributed by atoms with Crippen molar-refractivity contribution in [1.29, 1.82) is 0 Å². The molecule has 2 atom stereocenters. The number of Topliss-reactive ketones (excluding diaryl/α,β-unsaturated/α-hetero) is 1. The van der Waals surface area contributed by atoms with Gasteiger partial charge in [-0.3, -0.25) is 9.00 Å². The van der Waals surface area contributed by atoms with Crippen LogP contribution in [0.5, 0.6) is 11.5 Å². The molecule has 0 saturated heterocycles. The second kappa shape index (κ2) is 13.7. The number of anilines is 1. The number of carbonyl (C=O) groups excluding carboxylic acids is 1. The SMILES string of the molecule is CC.COc1cc(NC(C(=O)c2c[nH]c3cc(Cl)ccc23)c2ccc(Cl)cc2OCCO)cc(S(C)=O)c1. The number of halogens is 2. The van der Waals surface area contributed by atoms with Crippen molar-refractivity contribution in [3.63, 3.8) is 0 Å². The van der Waals surface area contributed by atoms with Gasteiger partial charge in [-0.1, -0.05) is 49.2 Å². The molecule has 0 aliphatic carbocycles. The molecule has 0 fully saturated rings. The monoisotopic (exact) mass is 576 g/mol. The van der Waals surface area contributed by atoms with Crippen LogP contribution in [0, 0.1) is 0 Å². The smallest absolute Gasteiger partial charge is 0.191 e. The molecule has 0 radical (unpaired) electrons. The maximum Gasteiger partial charge on any atom is 0.191 e. The van der Waals surface area contributed by atoms with E-state index in [0.717, 1.165) is 5.52 Å². The molecule has 3 N–H and O–H groups in total. The third-order valence-electron chi connectivity index (χ3n) is 5.57. The number of rotatable bonds is 10. The number of aromatic nitrogens is 1. The number of methoxy groups -OCH3 is 1. The number of aromatic amines is 1. The Balaban J connectivity index is 0.00000195. The lowest BCUT2D eigenvalue weighted by atomic mass is 9.95. The molecule has 0 saturated carbocycles. The van der Waals surface area contributed by atoms with Gasteiger partial charge in [0.15, 0.2) is 5.78 Å². The van der Waals surface area contributed by atoms with E-state index in [2.05, 4.69) is 10.3 Å². The van der Waals surface area contributed by atoms with Gasteiger partial charge in [-0.2, -0.15) is 0 Å². The molecule has 1 aromatic heterocycles. The summed E-state index contributed by atoms with van der Waals surface area (Å²) in [4.78, 5) is 17.7. The van der Waals surface area contributed by atoms with Crippen LogP contribution in [0.15, 0.2) is 65.7 Å². The number of H-pyrrole nitrogens is 1. The molecule has 1 heterocycles. The summed E-state index contributed by atoms with van der Waals surface area (Å²) in [7, 11) is 0.239. The summed E-state index contributed by atoms with van der Waals surface area (Å²) in [5.41, 5.74) is 2.22. The van der Waals surface area contributed by atoms with E-state index in [-0.39, 0.29) is 19.0 Å². The number of fused-ring (bicyclic) bond motifs is 1. The van der Waals surface area contributed by atoms with E-state index < -0.39 is 16.8 Å². The number of aliphatic hydroxyl groups excluding tert-OH is 1. The van der Waals surface area contributed by atoms with Crippen molar-refractivity contribution in [2.24, 2.45) is 0 Å². The molecule has 0 aliphatic heterocycles. The molecule has 4 rings (SSSR count). The van der Waals surface area contributed by atoms with Crippen LogP contribution in [0.4, 0.5) is 5.69 Å². The van der Waals surface area contributed by atoms with E-state index in [1.165, 1.54) is 7.11 Å². The van der Waals surface area contributed by atoms with Gasteiger partial charge in [0.2, 0.25) is 0 Å². The lowest BCUT2D eigenvalue weighted by Gasteiger charge is -2.23. The van der Waals surface area contributed by atoms with Crippen molar-refractivity contribution < 1.29 is 23.6 Å². The van der Waals surface area contributed by atoms with Crippen LogP contribution in [-0.4, -0.2) is 46.7 Å². The summed E-state index contributed by atoms with van der Waals surface area (Å²) in [6.07, 6.45) is 3.21. The lowest BCUT2D eigenvalue weighted by molar-refractivity contribution is 0.0969. The summed E-state index contributed by atoms with van der Waals surface area (Å²) in [5.74, 6) is 0.597. The number of ketones is 1. The zero-order valence-electron chi connectivity index (χ0n) is 21.5. The van der Waals surface area contributed by atoms with Crippen LogP contribution in [0.3, 0.4) is 0 Å². The summed E-state index contributed by atoms with van der Waals surface area (Å²) < 4.78 is 23.3. The number of benzene rings is 3. The van der Waals surface area contributed by atoms with E-state index in [9.17, 15) is 14.1 Å². The predicted molar refractivity (Wildman–Crippen MR) is 155 cm³/mol. The van der Waals surface area contributed by atoms with E-state index >= 15 is 0 Å². The number of hydrogen-bond acceptors (Lipinski definition) is 6. The first-order chi connectivity index (χ1) is 18.3. The fraction of sp³-hybridized carbons (Fsp3) is 0.250. The Labute approximate surface area is 234 Å². The number of ether oxygens (including phenoxy) is 2. The number of hydrogen-bond donors (Lipinski definition) is 3. The van der Waals surface area contributed by atoms with Crippen molar-refractivity contribution in [2.75, 3.05) is 31.9 Å². The highest BCUT2D eigenvalue weighted by molar-refractivity contribution is 7.84. The first kappa shape index (κ1) is 29.5. The highest BCUT2D eigenvalue weighted by Crippen LogP contribution is 2.36. The maximum absolute atomic E-state index is 14.0. The van der Waals surface area contributed by atoms with Crippen molar-refractivity contribution >= 4 is 56.4 Å². The van der Waals surface area contributed by atoms with Gasteiger partial charge < -0.3 is 24.9 Å². The van der Waals surface area contributed by atoms with E-state index in [1.54, 1.807) is 67.0 Å². The first-order valence-electron chi connectivity index (χ1n) is 11.9. The predicted octanol–water partition coefficient (Wildman–Crippen LogP) is 6.65. The van der Waals surface area contributed by atoms with Gasteiger partial charge in [0, 0.05) is 72.0 Å². The fourth-order valence-corrected chi connectivity index (χ4v) is 4.78. The highest BCUT2D eigenvalue weighted by atomic mass is 35.5. The molecular formula is C28H30Cl2N2O5S. The summed E-state index contributed by atoms with van der Waals surface area (Å²) in [6, 6.07) is 14.4. The average Bonchev–Trinajstić information content (AvgIpc) is 3.34. The minimum atomic E-state index is -1.28. The topological polar surface area (TPSA) is 101 Å². The zero-order valence-corrected chi connectivity index (χ0v) is 23.8. The third-order valence-corrected chi connectivity index (χ3v) is 6.94. The number of aliphatic hydroxyl groups is 1. The van der Waals surface area contributed by atoms with Crippen molar-refractivity contribution in [3.05, 3.63) is 82.0 Å². The second-order valence-corrected chi connectivity index (χ2v) is 10.2. The summed E-state index contributed by atoms with van der Waals surface area (Å²) in [5, 5.41) is 14.3. The summed E-state index contributed by atoms with van der Waals surface area (Å²) in [6.45, 7) is 3.82. The molecule has 0 bridgehead atoms. The van der Waals surface area contributed by atoms with E-state index in [1.807, 2.05) is 13.8 Å². The molecule has 0 aliphatic rings. The van der Waals surface area contributed by atoms with E-state index in [4.69, 9.17) is 32.7 Å². The van der Waals surface area contributed by atoms with Crippen LogP contribution in [0.1, 0.15) is 35.8 Å². The molecule has 202 valence electrons. The molecule has 0 amide bonds. The Morgan fingerprint density at radius 2 is 1.79 bits per heavy atom. The first-order valence-corrected chi connectivity index (χ1v) is 14.2. The standard InChI is InChI=1S/C26H24Cl2N2O5S.C2H6/c1-34-18-11-17(12-19(13-18)36(2)33)30-25(21-6-4-16(28)10-24(21)35-8-7-31)26(32)22-14-29-23-9-15(27)3-5-20(22)23;1-2/h3-6,9-14,25,29-31H,7-8H2,1-2H3;1-2H3. The number of carbonyl (C=O) groups is 1. The van der Waals surface area contributed by atoms with Gasteiger partial charge in [-0.05, 0) is 36.4 Å². The lowest BCUT2D eigenvalue weighted by Crippen LogP contribution is -2.22. The average molecular weight is 578 g/mol. The van der Waals surface area contributed by atoms with Gasteiger partial charge in [0.1, 0.15) is 24.1 Å². The Kier molecular flexibility index (Phi) is 10.6. The van der Waals surface area contributed by atoms with E-state index in [0.29, 0.717) is 48.6 Å². The van der Waals surface area contributed by atoms with Crippen LogP contribution in [-0.2, 0) is 10.8 Å². The van der Waals surface area contributed by atoms with Gasteiger partial charge >= 0.3 is 0 Å².